The van der Waals surface area contributed by atoms with E-state index in [1.165, 1.54) is 12.4 Å². The largest absolute Gasteiger partial charge is 0.395 e. The molecule has 0 aliphatic rings. The molecular formula is C8H12ClN3O2. The van der Waals surface area contributed by atoms with Crippen LogP contribution in [0.4, 0.5) is 5.82 Å². The molecule has 0 atom stereocenters. The number of aromatic nitrogens is 2. The first kappa shape index (κ1) is 11.2. The molecule has 0 bridgehead atoms. The molecule has 0 fully saturated rings. The molecule has 1 rings (SSSR count). The Hall–Kier alpha value is -0.910. The number of aliphatic hydroxyl groups excluding tert-OH is 2. The molecule has 14 heavy (non-hydrogen) atoms. The molecule has 0 radical (unpaired) electrons. The summed E-state index contributed by atoms with van der Waals surface area (Å²) >= 11 is 5.81. The summed E-state index contributed by atoms with van der Waals surface area (Å²) in [5.74, 6) is 0.484. The molecule has 0 aliphatic carbocycles. The number of halogens is 1. The second-order valence-corrected chi connectivity index (χ2v) is 2.96. The third-order valence-electron chi connectivity index (χ3n) is 1.68. The Balaban J connectivity index is 2.81. The van der Waals surface area contributed by atoms with Crippen molar-refractivity contribution in [3.05, 3.63) is 17.5 Å². The zero-order valence-electron chi connectivity index (χ0n) is 7.60. The molecule has 1 aromatic heterocycles. The number of aliphatic hydroxyl groups is 2. The molecular weight excluding hydrogens is 206 g/mol. The molecule has 78 valence electrons. The summed E-state index contributed by atoms with van der Waals surface area (Å²) in [7, 11) is 0. The molecule has 0 aromatic carbocycles. The van der Waals surface area contributed by atoms with Crippen LogP contribution < -0.4 is 4.90 Å². The molecule has 0 amide bonds. The van der Waals surface area contributed by atoms with E-state index in [1.54, 1.807) is 4.90 Å². The fourth-order valence-electron chi connectivity index (χ4n) is 1.09. The monoisotopic (exact) mass is 217 g/mol. The highest BCUT2D eigenvalue weighted by Gasteiger charge is 2.10. The Kier molecular flexibility index (Phi) is 4.58. The first-order chi connectivity index (χ1) is 6.79. The van der Waals surface area contributed by atoms with Crippen molar-refractivity contribution < 1.29 is 10.2 Å². The Morgan fingerprint density at radius 1 is 1.14 bits per heavy atom. The van der Waals surface area contributed by atoms with Crippen LogP contribution in [0.2, 0.25) is 5.15 Å². The number of rotatable bonds is 5. The van der Waals surface area contributed by atoms with E-state index in [0.717, 1.165) is 0 Å². The third-order valence-corrected chi connectivity index (χ3v) is 1.94. The lowest BCUT2D eigenvalue weighted by Gasteiger charge is -2.21. The maximum Gasteiger partial charge on any atom is 0.171 e. The van der Waals surface area contributed by atoms with E-state index in [0.29, 0.717) is 18.9 Å². The molecule has 0 unspecified atom stereocenters. The molecule has 0 saturated carbocycles. The first-order valence-electron chi connectivity index (χ1n) is 4.22. The van der Waals surface area contributed by atoms with E-state index in [2.05, 4.69) is 9.97 Å². The van der Waals surface area contributed by atoms with Crippen LogP contribution in [0.15, 0.2) is 12.4 Å². The van der Waals surface area contributed by atoms with Crippen LogP contribution >= 0.6 is 11.6 Å². The Morgan fingerprint density at radius 2 is 1.71 bits per heavy atom. The van der Waals surface area contributed by atoms with Crippen molar-refractivity contribution in [2.45, 2.75) is 0 Å². The summed E-state index contributed by atoms with van der Waals surface area (Å²) < 4.78 is 0. The summed E-state index contributed by atoms with van der Waals surface area (Å²) in [6, 6.07) is 0. The minimum Gasteiger partial charge on any atom is -0.395 e. The van der Waals surface area contributed by atoms with Gasteiger partial charge in [-0.3, -0.25) is 0 Å². The second-order valence-electron chi connectivity index (χ2n) is 2.61. The molecule has 1 heterocycles. The predicted octanol–water partition coefficient (Wildman–Crippen LogP) is -0.0790. The van der Waals surface area contributed by atoms with Crippen molar-refractivity contribution in [3.8, 4) is 0 Å². The topological polar surface area (TPSA) is 69.5 Å². The lowest BCUT2D eigenvalue weighted by molar-refractivity contribution is 0.280. The summed E-state index contributed by atoms with van der Waals surface area (Å²) in [6.07, 6.45) is 3.00. The van der Waals surface area contributed by atoms with E-state index in [4.69, 9.17) is 21.8 Å². The van der Waals surface area contributed by atoms with Gasteiger partial charge in [-0.15, -0.1) is 0 Å². The number of hydrogen-bond donors (Lipinski definition) is 2. The highest BCUT2D eigenvalue weighted by Crippen LogP contribution is 2.18. The number of anilines is 1. The molecule has 5 nitrogen and oxygen atoms in total. The summed E-state index contributed by atoms with van der Waals surface area (Å²) in [5.41, 5.74) is 0. The number of nitrogens with zero attached hydrogens (tertiary/aromatic N) is 3. The van der Waals surface area contributed by atoms with E-state index in [9.17, 15) is 0 Å². The van der Waals surface area contributed by atoms with Crippen LogP contribution in [0.1, 0.15) is 0 Å². The molecule has 2 N–H and O–H groups in total. The molecule has 0 spiro atoms. The van der Waals surface area contributed by atoms with Crippen LogP contribution in [-0.4, -0.2) is 46.5 Å². The lowest BCUT2D eigenvalue weighted by atomic mass is 10.4. The quantitative estimate of drug-likeness (QED) is 0.722. The van der Waals surface area contributed by atoms with Gasteiger partial charge < -0.3 is 15.1 Å². The molecule has 6 heteroatoms. The SMILES string of the molecule is OCCN(CCO)c1nccnc1Cl. The Morgan fingerprint density at radius 3 is 2.21 bits per heavy atom. The normalized spacial score (nSPS) is 10.2. The smallest absolute Gasteiger partial charge is 0.171 e. The van der Waals surface area contributed by atoms with Gasteiger partial charge in [0.25, 0.3) is 0 Å². The van der Waals surface area contributed by atoms with Gasteiger partial charge in [-0.2, -0.15) is 0 Å². The Bertz CT molecular complexity index is 279. The van der Waals surface area contributed by atoms with Crippen molar-refractivity contribution in [1.29, 1.82) is 0 Å². The first-order valence-corrected chi connectivity index (χ1v) is 4.60. The van der Waals surface area contributed by atoms with Gasteiger partial charge in [-0.25, -0.2) is 9.97 Å². The van der Waals surface area contributed by atoms with Crippen LogP contribution in [0.3, 0.4) is 0 Å². The van der Waals surface area contributed by atoms with Crippen molar-refractivity contribution in [1.82, 2.24) is 9.97 Å². The minimum absolute atomic E-state index is 0.0209. The van der Waals surface area contributed by atoms with E-state index in [1.807, 2.05) is 0 Å². The van der Waals surface area contributed by atoms with E-state index >= 15 is 0 Å². The second kappa shape index (κ2) is 5.74. The van der Waals surface area contributed by atoms with Gasteiger partial charge in [0.05, 0.1) is 13.2 Å². The van der Waals surface area contributed by atoms with Gasteiger partial charge in [0.2, 0.25) is 0 Å². The van der Waals surface area contributed by atoms with Gasteiger partial charge in [0.1, 0.15) is 0 Å². The van der Waals surface area contributed by atoms with Crippen molar-refractivity contribution >= 4 is 17.4 Å². The van der Waals surface area contributed by atoms with E-state index < -0.39 is 0 Å². The van der Waals surface area contributed by atoms with Crippen molar-refractivity contribution in [2.75, 3.05) is 31.2 Å². The lowest BCUT2D eigenvalue weighted by Crippen LogP contribution is -2.30. The van der Waals surface area contributed by atoms with Crippen molar-refractivity contribution in [2.24, 2.45) is 0 Å². The average molecular weight is 218 g/mol. The zero-order chi connectivity index (χ0) is 10.4. The average Bonchev–Trinajstić information content (AvgIpc) is 2.18. The van der Waals surface area contributed by atoms with Gasteiger partial charge >= 0.3 is 0 Å². The Labute approximate surface area is 87.0 Å². The number of hydrogen-bond acceptors (Lipinski definition) is 5. The maximum atomic E-state index is 8.80. The van der Waals surface area contributed by atoms with Crippen LogP contribution in [0.25, 0.3) is 0 Å². The molecule has 0 aliphatic heterocycles. The van der Waals surface area contributed by atoms with Crippen LogP contribution in [0.5, 0.6) is 0 Å². The zero-order valence-corrected chi connectivity index (χ0v) is 8.35. The van der Waals surface area contributed by atoms with E-state index in [-0.39, 0.29) is 18.4 Å². The van der Waals surface area contributed by atoms with Gasteiger partial charge in [0.15, 0.2) is 11.0 Å². The predicted molar refractivity (Wildman–Crippen MR) is 53.4 cm³/mol. The molecule has 1 aromatic rings. The summed E-state index contributed by atoms with van der Waals surface area (Å²) in [4.78, 5) is 9.56. The maximum absolute atomic E-state index is 8.80. The highest BCUT2D eigenvalue weighted by atomic mass is 35.5. The van der Waals surface area contributed by atoms with Gasteiger partial charge in [-0.1, -0.05) is 11.6 Å². The van der Waals surface area contributed by atoms with Crippen molar-refractivity contribution in [3.63, 3.8) is 0 Å². The van der Waals surface area contributed by atoms with Crippen LogP contribution in [-0.2, 0) is 0 Å². The minimum atomic E-state index is -0.0209. The van der Waals surface area contributed by atoms with Gasteiger partial charge in [0, 0.05) is 25.5 Å². The fraction of sp³-hybridized carbons (Fsp3) is 0.500. The highest BCUT2D eigenvalue weighted by molar-refractivity contribution is 6.31. The van der Waals surface area contributed by atoms with Crippen LogP contribution in [0, 0.1) is 0 Å². The molecule has 0 saturated heterocycles. The summed E-state index contributed by atoms with van der Waals surface area (Å²) in [5, 5.41) is 17.9. The fourth-order valence-corrected chi connectivity index (χ4v) is 1.32. The van der Waals surface area contributed by atoms with Gasteiger partial charge in [-0.05, 0) is 0 Å². The third kappa shape index (κ3) is 2.80. The standard InChI is InChI=1S/C8H12ClN3O2/c9-7-8(11-2-1-10-7)12(3-5-13)4-6-14/h1-2,13-14H,3-6H2. The summed E-state index contributed by atoms with van der Waals surface area (Å²) in [6.45, 7) is 0.706.